The molecule has 1 amide bonds. The predicted octanol–water partition coefficient (Wildman–Crippen LogP) is 1.15. The Kier molecular flexibility index (Phi) is 7.28. The third kappa shape index (κ3) is 5.99. The molecular formula is C16H19NO7. The lowest BCUT2D eigenvalue weighted by molar-refractivity contribution is -0.142. The third-order valence-electron chi connectivity index (χ3n) is 3.11. The number of carboxylic acids is 2. The van der Waals surface area contributed by atoms with Crippen molar-refractivity contribution in [2.45, 2.75) is 18.9 Å². The summed E-state index contributed by atoms with van der Waals surface area (Å²) in [5.74, 6) is -2.00. The molecule has 0 aromatic heterocycles. The Morgan fingerprint density at radius 3 is 2.46 bits per heavy atom. The van der Waals surface area contributed by atoms with Gasteiger partial charge in [0.1, 0.15) is 17.5 Å². The van der Waals surface area contributed by atoms with E-state index in [9.17, 15) is 14.4 Å². The largest absolute Gasteiger partial charge is 0.497 e. The van der Waals surface area contributed by atoms with Crippen molar-refractivity contribution in [3.05, 3.63) is 29.8 Å². The first-order chi connectivity index (χ1) is 11.4. The van der Waals surface area contributed by atoms with Crippen LogP contribution in [0.25, 0.3) is 6.08 Å². The number of amides is 1. The van der Waals surface area contributed by atoms with E-state index < -0.39 is 23.9 Å². The van der Waals surface area contributed by atoms with Gasteiger partial charge < -0.3 is 25.0 Å². The van der Waals surface area contributed by atoms with Crippen LogP contribution in [0.5, 0.6) is 11.5 Å². The first-order valence-electron chi connectivity index (χ1n) is 7.02. The smallest absolute Gasteiger partial charge is 0.326 e. The Labute approximate surface area is 138 Å². The van der Waals surface area contributed by atoms with Gasteiger partial charge in [-0.25, -0.2) is 4.79 Å². The van der Waals surface area contributed by atoms with Crippen LogP contribution in [0, 0.1) is 0 Å². The van der Waals surface area contributed by atoms with Crippen molar-refractivity contribution in [1.29, 1.82) is 0 Å². The number of methoxy groups -OCH3 is 2. The second kappa shape index (κ2) is 9.19. The Morgan fingerprint density at radius 2 is 1.92 bits per heavy atom. The maximum absolute atomic E-state index is 11.8. The second-order valence-corrected chi connectivity index (χ2v) is 4.77. The number of rotatable bonds is 9. The molecule has 1 unspecified atom stereocenters. The highest BCUT2D eigenvalue weighted by atomic mass is 16.5. The lowest BCUT2D eigenvalue weighted by atomic mass is 10.1. The van der Waals surface area contributed by atoms with Gasteiger partial charge in [-0.1, -0.05) is 0 Å². The van der Waals surface area contributed by atoms with E-state index in [1.54, 1.807) is 18.2 Å². The van der Waals surface area contributed by atoms with E-state index in [0.717, 1.165) is 6.08 Å². The minimum Gasteiger partial charge on any atom is -0.497 e. The quantitative estimate of drug-likeness (QED) is 0.578. The first-order valence-corrected chi connectivity index (χ1v) is 7.02. The molecule has 3 N–H and O–H groups in total. The van der Waals surface area contributed by atoms with Gasteiger partial charge in [0.15, 0.2) is 0 Å². The van der Waals surface area contributed by atoms with Crippen molar-refractivity contribution < 1.29 is 34.1 Å². The summed E-state index contributed by atoms with van der Waals surface area (Å²) in [5, 5.41) is 19.8. The molecule has 0 spiro atoms. The summed E-state index contributed by atoms with van der Waals surface area (Å²) in [7, 11) is 2.98. The van der Waals surface area contributed by atoms with Crippen LogP contribution in [0.1, 0.15) is 18.4 Å². The molecular weight excluding hydrogens is 318 g/mol. The van der Waals surface area contributed by atoms with Gasteiger partial charge in [-0.05, 0) is 30.7 Å². The Morgan fingerprint density at radius 1 is 1.21 bits per heavy atom. The summed E-state index contributed by atoms with van der Waals surface area (Å²) in [5.41, 5.74) is 0.574. The van der Waals surface area contributed by atoms with Crippen LogP contribution in [0.4, 0.5) is 0 Å². The molecule has 130 valence electrons. The zero-order valence-electron chi connectivity index (χ0n) is 13.3. The van der Waals surface area contributed by atoms with Crippen LogP contribution in [0.2, 0.25) is 0 Å². The maximum Gasteiger partial charge on any atom is 0.326 e. The van der Waals surface area contributed by atoms with Crippen molar-refractivity contribution >= 4 is 23.9 Å². The van der Waals surface area contributed by atoms with Crippen LogP contribution >= 0.6 is 0 Å². The van der Waals surface area contributed by atoms with Crippen molar-refractivity contribution in [1.82, 2.24) is 5.32 Å². The van der Waals surface area contributed by atoms with E-state index in [-0.39, 0.29) is 12.8 Å². The standard InChI is InChI=1S/C16H19NO7/c1-23-11-4-6-13(24-2)10(9-11)3-7-14(18)17-12(16(21)22)5-8-15(19)20/h3-4,6-7,9,12H,5,8H2,1-2H3,(H,17,18)(H,19,20)(H,21,22)/b7-3+. The zero-order chi connectivity index (χ0) is 18.1. The molecule has 24 heavy (non-hydrogen) atoms. The summed E-state index contributed by atoms with van der Waals surface area (Å²) in [6.07, 6.45) is 2.04. The maximum atomic E-state index is 11.8. The molecule has 0 heterocycles. The van der Waals surface area contributed by atoms with Crippen molar-refractivity contribution in [2.24, 2.45) is 0 Å². The van der Waals surface area contributed by atoms with Crippen LogP contribution in [-0.2, 0) is 14.4 Å². The highest BCUT2D eigenvalue weighted by Crippen LogP contribution is 2.24. The summed E-state index contributed by atoms with van der Waals surface area (Å²) in [6.45, 7) is 0. The number of benzene rings is 1. The monoisotopic (exact) mass is 337 g/mol. The van der Waals surface area contributed by atoms with Gasteiger partial charge in [-0.2, -0.15) is 0 Å². The molecule has 0 radical (unpaired) electrons. The Hall–Kier alpha value is -3.03. The van der Waals surface area contributed by atoms with E-state index in [2.05, 4.69) is 5.32 Å². The fourth-order valence-electron chi connectivity index (χ4n) is 1.88. The van der Waals surface area contributed by atoms with Gasteiger partial charge >= 0.3 is 11.9 Å². The van der Waals surface area contributed by atoms with Crippen LogP contribution in [0.3, 0.4) is 0 Å². The Bertz CT molecular complexity index is 639. The molecule has 0 aliphatic carbocycles. The molecule has 0 fully saturated rings. The predicted molar refractivity (Wildman–Crippen MR) is 85.0 cm³/mol. The summed E-state index contributed by atoms with van der Waals surface area (Å²) in [6, 6.07) is 3.75. The van der Waals surface area contributed by atoms with Crippen molar-refractivity contribution in [2.75, 3.05) is 14.2 Å². The van der Waals surface area contributed by atoms with Crippen LogP contribution in [0.15, 0.2) is 24.3 Å². The molecule has 1 aromatic carbocycles. The van der Waals surface area contributed by atoms with Gasteiger partial charge in [-0.15, -0.1) is 0 Å². The lowest BCUT2D eigenvalue weighted by Crippen LogP contribution is -2.40. The summed E-state index contributed by atoms with van der Waals surface area (Å²) in [4.78, 5) is 33.4. The average Bonchev–Trinajstić information content (AvgIpc) is 2.55. The van der Waals surface area contributed by atoms with Gasteiger partial charge in [0.05, 0.1) is 14.2 Å². The van der Waals surface area contributed by atoms with E-state index in [1.807, 2.05) is 0 Å². The van der Waals surface area contributed by atoms with E-state index >= 15 is 0 Å². The molecule has 0 aliphatic rings. The summed E-state index contributed by atoms with van der Waals surface area (Å²) >= 11 is 0. The van der Waals surface area contributed by atoms with E-state index in [4.69, 9.17) is 19.7 Å². The number of nitrogens with one attached hydrogen (secondary N) is 1. The number of carbonyl (C=O) groups excluding carboxylic acids is 1. The zero-order valence-corrected chi connectivity index (χ0v) is 13.3. The topological polar surface area (TPSA) is 122 Å². The minimum atomic E-state index is -1.29. The number of hydrogen-bond acceptors (Lipinski definition) is 5. The summed E-state index contributed by atoms with van der Waals surface area (Å²) < 4.78 is 10.3. The fraction of sp³-hybridized carbons (Fsp3) is 0.312. The molecule has 0 saturated heterocycles. The van der Waals surface area contributed by atoms with E-state index in [0.29, 0.717) is 17.1 Å². The third-order valence-corrected chi connectivity index (χ3v) is 3.11. The van der Waals surface area contributed by atoms with Crippen molar-refractivity contribution in [3.8, 4) is 11.5 Å². The molecule has 1 rings (SSSR count). The number of carbonyl (C=O) groups is 3. The second-order valence-electron chi connectivity index (χ2n) is 4.77. The van der Waals surface area contributed by atoms with Gasteiger partial charge in [0.25, 0.3) is 0 Å². The molecule has 0 bridgehead atoms. The fourth-order valence-corrected chi connectivity index (χ4v) is 1.88. The minimum absolute atomic E-state index is 0.202. The molecule has 1 aromatic rings. The average molecular weight is 337 g/mol. The van der Waals surface area contributed by atoms with Crippen LogP contribution in [-0.4, -0.2) is 48.3 Å². The molecule has 8 heteroatoms. The molecule has 0 aliphatic heterocycles. The highest BCUT2D eigenvalue weighted by molar-refractivity contribution is 5.94. The molecule has 1 atom stereocenters. The van der Waals surface area contributed by atoms with Gasteiger partial charge in [0.2, 0.25) is 5.91 Å². The SMILES string of the molecule is COc1ccc(OC)c(/C=C/C(=O)NC(CCC(=O)O)C(=O)O)c1. The highest BCUT2D eigenvalue weighted by Gasteiger charge is 2.19. The number of carboxylic acid groups (broad SMARTS) is 2. The van der Waals surface area contributed by atoms with Crippen LogP contribution < -0.4 is 14.8 Å². The van der Waals surface area contributed by atoms with Gasteiger partial charge in [-0.3, -0.25) is 9.59 Å². The lowest BCUT2D eigenvalue weighted by Gasteiger charge is -2.12. The number of ether oxygens (including phenoxy) is 2. The van der Waals surface area contributed by atoms with Crippen molar-refractivity contribution in [3.63, 3.8) is 0 Å². The molecule has 8 nitrogen and oxygen atoms in total. The number of hydrogen-bond donors (Lipinski definition) is 3. The van der Waals surface area contributed by atoms with E-state index in [1.165, 1.54) is 20.3 Å². The molecule has 0 saturated carbocycles. The number of aliphatic carboxylic acids is 2. The first kappa shape index (κ1) is 19.0. The van der Waals surface area contributed by atoms with Gasteiger partial charge in [0, 0.05) is 18.1 Å². The normalized spacial score (nSPS) is 11.8. The Balaban J connectivity index is 2.80.